The first-order valence-corrected chi connectivity index (χ1v) is 5.36. The van der Waals surface area contributed by atoms with Crippen LogP contribution in [0.15, 0.2) is 24.3 Å². The van der Waals surface area contributed by atoms with E-state index >= 15 is 0 Å². The lowest BCUT2D eigenvalue weighted by atomic mass is 10.2. The summed E-state index contributed by atoms with van der Waals surface area (Å²) < 4.78 is 17.4. The van der Waals surface area contributed by atoms with Gasteiger partial charge in [0.15, 0.2) is 0 Å². The van der Waals surface area contributed by atoms with Crippen LogP contribution in [0.4, 0.5) is 4.39 Å². The van der Waals surface area contributed by atoms with Gasteiger partial charge in [0.1, 0.15) is 5.75 Å². The van der Waals surface area contributed by atoms with Gasteiger partial charge in [0.05, 0.1) is 13.3 Å². The first kappa shape index (κ1) is 12.0. The van der Waals surface area contributed by atoms with Crippen molar-refractivity contribution in [3.8, 4) is 5.75 Å². The maximum atomic E-state index is 11.9. The molecule has 1 N–H and O–H groups in total. The van der Waals surface area contributed by atoms with Gasteiger partial charge >= 0.3 is 0 Å². The van der Waals surface area contributed by atoms with E-state index in [2.05, 4.69) is 12.2 Å². The molecule has 3 heteroatoms. The fourth-order valence-corrected chi connectivity index (χ4v) is 1.29. The molecule has 15 heavy (non-hydrogen) atoms. The van der Waals surface area contributed by atoms with Gasteiger partial charge in [-0.1, -0.05) is 25.1 Å². The highest BCUT2D eigenvalue weighted by Crippen LogP contribution is 2.17. The van der Waals surface area contributed by atoms with Gasteiger partial charge in [-0.05, 0) is 12.6 Å². The predicted octanol–water partition coefficient (Wildman–Crippen LogP) is 2.53. The minimum absolute atomic E-state index is 0.324. The predicted molar refractivity (Wildman–Crippen MR) is 59.9 cm³/mol. The minimum Gasteiger partial charge on any atom is -0.493 e. The summed E-state index contributed by atoms with van der Waals surface area (Å²) in [6.07, 6.45) is 0.454. The molecular weight excluding hydrogens is 193 g/mol. The lowest BCUT2D eigenvalue weighted by Gasteiger charge is -2.10. The standard InChI is InChI=1S/C12H18FNO/c1-2-14-10-11-6-3-4-7-12(11)15-9-5-8-13/h3-4,6-7,14H,2,5,8-10H2,1H3. The molecule has 1 aromatic carbocycles. The highest BCUT2D eigenvalue weighted by atomic mass is 19.1. The molecule has 0 heterocycles. The number of hydrogen-bond acceptors (Lipinski definition) is 2. The van der Waals surface area contributed by atoms with E-state index in [9.17, 15) is 4.39 Å². The first-order chi connectivity index (χ1) is 7.38. The second-order valence-electron chi connectivity index (χ2n) is 3.28. The van der Waals surface area contributed by atoms with Gasteiger partial charge in [-0.2, -0.15) is 0 Å². The third-order valence-electron chi connectivity index (χ3n) is 2.07. The molecule has 0 atom stereocenters. The first-order valence-electron chi connectivity index (χ1n) is 5.36. The van der Waals surface area contributed by atoms with E-state index in [1.165, 1.54) is 0 Å². The Morgan fingerprint density at radius 1 is 1.33 bits per heavy atom. The van der Waals surface area contributed by atoms with Crippen molar-refractivity contribution in [1.29, 1.82) is 0 Å². The zero-order chi connectivity index (χ0) is 10.9. The molecule has 0 amide bonds. The van der Waals surface area contributed by atoms with Crippen molar-refractivity contribution in [3.05, 3.63) is 29.8 Å². The fraction of sp³-hybridized carbons (Fsp3) is 0.500. The van der Waals surface area contributed by atoms with E-state index in [0.29, 0.717) is 13.0 Å². The molecule has 0 aliphatic carbocycles. The molecule has 1 aromatic rings. The molecule has 0 aromatic heterocycles. The van der Waals surface area contributed by atoms with Crippen molar-refractivity contribution in [3.63, 3.8) is 0 Å². The molecule has 0 aliphatic heterocycles. The average molecular weight is 211 g/mol. The Labute approximate surface area is 90.4 Å². The smallest absolute Gasteiger partial charge is 0.123 e. The van der Waals surface area contributed by atoms with Crippen LogP contribution in [0, 0.1) is 0 Å². The summed E-state index contributed by atoms with van der Waals surface area (Å²) in [5.74, 6) is 0.854. The number of rotatable bonds is 7. The Kier molecular flexibility index (Phi) is 5.78. The fourth-order valence-electron chi connectivity index (χ4n) is 1.29. The van der Waals surface area contributed by atoms with Crippen LogP contribution in [0.25, 0.3) is 0 Å². The van der Waals surface area contributed by atoms with Crippen molar-refractivity contribution >= 4 is 0 Å². The maximum absolute atomic E-state index is 11.9. The van der Waals surface area contributed by atoms with Crippen LogP contribution >= 0.6 is 0 Å². The Morgan fingerprint density at radius 3 is 2.87 bits per heavy atom. The van der Waals surface area contributed by atoms with Gasteiger partial charge in [-0.25, -0.2) is 0 Å². The number of alkyl halides is 1. The Balaban J connectivity index is 2.52. The molecule has 0 unspecified atom stereocenters. The van der Waals surface area contributed by atoms with Gasteiger partial charge in [0.25, 0.3) is 0 Å². The summed E-state index contributed by atoms with van der Waals surface area (Å²) in [6.45, 7) is 3.91. The van der Waals surface area contributed by atoms with Crippen LogP contribution in [-0.4, -0.2) is 19.8 Å². The topological polar surface area (TPSA) is 21.3 Å². The molecule has 0 saturated carbocycles. The molecule has 0 saturated heterocycles. The van der Waals surface area contributed by atoms with Gasteiger partial charge in [0, 0.05) is 18.5 Å². The minimum atomic E-state index is -0.324. The van der Waals surface area contributed by atoms with Crippen LogP contribution < -0.4 is 10.1 Å². The van der Waals surface area contributed by atoms with E-state index in [-0.39, 0.29) is 6.67 Å². The zero-order valence-electron chi connectivity index (χ0n) is 9.13. The van der Waals surface area contributed by atoms with Crippen molar-refractivity contribution in [2.45, 2.75) is 19.9 Å². The molecule has 0 bridgehead atoms. The monoisotopic (exact) mass is 211 g/mol. The summed E-state index contributed by atoms with van der Waals surface area (Å²) in [4.78, 5) is 0. The number of halogens is 1. The van der Waals surface area contributed by atoms with Crippen LogP contribution in [0.1, 0.15) is 18.9 Å². The summed E-state index contributed by atoms with van der Waals surface area (Å²) in [7, 11) is 0. The van der Waals surface area contributed by atoms with E-state index in [1.807, 2.05) is 24.3 Å². The number of nitrogens with one attached hydrogen (secondary N) is 1. The SMILES string of the molecule is CCNCc1ccccc1OCCCF. The third-order valence-corrected chi connectivity index (χ3v) is 2.07. The lowest BCUT2D eigenvalue weighted by molar-refractivity contribution is 0.286. The summed E-state index contributed by atoms with van der Waals surface area (Å²) >= 11 is 0. The van der Waals surface area contributed by atoms with E-state index in [1.54, 1.807) is 0 Å². The van der Waals surface area contributed by atoms with Crippen LogP contribution in [0.5, 0.6) is 5.75 Å². The van der Waals surface area contributed by atoms with Crippen LogP contribution in [0.2, 0.25) is 0 Å². The molecular formula is C12H18FNO. The van der Waals surface area contributed by atoms with Crippen molar-refractivity contribution in [2.75, 3.05) is 19.8 Å². The average Bonchev–Trinajstić information content (AvgIpc) is 2.28. The Bertz CT molecular complexity index is 278. The second kappa shape index (κ2) is 7.23. The van der Waals surface area contributed by atoms with E-state index in [0.717, 1.165) is 24.4 Å². The maximum Gasteiger partial charge on any atom is 0.123 e. The van der Waals surface area contributed by atoms with E-state index in [4.69, 9.17) is 4.74 Å². The van der Waals surface area contributed by atoms with Crippen molar-refractivity contribution < 1.29 is 9.13 Å². The highest BCUT2D eigenvalue weighted by molar-refractivity contribution is 5.33. The molecule has 2 nitrogen and oxygen atoms in total. The summed E-state index contributed by atoms with van der Waals surface area (Å²) in [5, 5.41) is 3.24. The molecule has 0 fully saturated rings. The molecule has 84 valence electrons. The summed E-state index contributed by atoms with van der Waals surface area (Å²) in [5.41, 5.74) is 1.12. The van der Waals surface area contributed by atoms with Gasteiger partial charge in [0.2, 0.25) is 0 Å². The quantitative estimate of drug-likeness (QED) is 0.700. The van der Waals surface area contributed by atoms with E-state index < -0.39 is 0 Å². The molecule has 1 rings (SSSR count). The lowest BCUT2D eigenvalue weighted by Crippen LogP contribution is -2.13. The number of ether oxygens (including phenoxy) is 1. The van der Waals surface area contributed by atoms with Gasteiger partial charge in [-0.3, -0.25) is 4.39 Å². The second-order valence-corrected chi connectivity index (χ2v) is 3.28. The Hall–Kier alpha value is -1.09. The zero-order valence-corrected chi connectivity index (χ0v) is 9.13. The summed E-state index contributed by atoms with van der Waals surface area (Å²) in [6, 6.07) is 7.85. The molecule has 0 radical (unpaired) electrons. The van der Waals surface area contributed by atoms with Gasteiger partial charge in [-0.15, -0.1) is 0 Å². The number of benzene rings is 1. The third kappa shape index (κ3) is 4.30. The number of para-hydroxylation sites is 1. The molecule has 0 aliphatic rings. The van der Waals surface area contributed by atoms with Gasteiger partial charge < -0.3 is 10.1 Å². The van der Waals surface area contributed by atoms with Crippen molar-refractivity contribution in [2.24, 2.45) is 0 Å². The van der Waals surface area contributed by atoms with Crippen LogP contribution in [-0.2, 0) is 6.54 Å². The van der Waals surface area contributed by atoms with Crippen molar-refractivity contribution in [1.82, 2.24) is 5.32 Å². The molecule has 0 spiro atoms. The largest absolute Gasteiger partial charge is 0.493 e. The Morgan fingerprint density at radius 2 is 2.13 bits per heavy atom. The highest BCUT2D eigenvalue weighted by Gasteiger charge is 2.01. The van der Waals surface area contributed by atoms with Crippen LogP contribution in [0.3, 0.4) is 0 Å². The number of hydrogen-bond donors (Lipinski definition) is 1. The normalized spacial score (nSPS) is 10.3.